The van der Waals surface area contributed by atoms with Crippen LogP contribution in [0.4, 0.5) is 4.39 Å². The molecule has 1 aromatic carbocycles. The van der Waals surface area contributed by atoms with Gasteiger partial charge in [-0.2, -0.15) is 0 Å². The Morgan fingerprint density at radius 3 is 2.71 bits per heavy atom. The number of amides is 2. The number of carbonyl (C=O) groups is 2. The van der Waals surface area contributed by atoms with Gasteiger partial charge in [0.2, 0.25) is 5.91 Å². The van der Waals surface area contributed by atoms with Gasteiger partial charge in [-0.15, -0.1) is 0 Å². The minimum Gasteiger partial charge on any atom is -0.352 e. The average molecular weight is 408 g/mol. The van der Waals surface area contributed by atoms with Gasteiger partial charge in [-0.25, -0.2) is 4.39 Å². The molecule has 2 saturated heterocycles. The van der Waals surface area contributed by atoms with Crippen LogP contribution in [0.5, 0.6) is 0 Å². The number of halogens is 2. The molecule has 2 heterocycles. The van der Waals surface area contributed by atoms with Crippen molar-refractivity contribution in [1.82, 2.24) is 15.1 Å². The highest BCUT2D eigenvalue weighted by Gasteiger charge is 2.51. The first-order valence-electron chi connectivity index (χ1n) is 10.2. The molecule has 0 atom stereocenters. The maximum atomic E-state index is 13.4. The second-order valence-electron chi connectivity index (χ2n) is 8.69. The molecule has 5 nitrogen and oxygen atoms in total. The summed E-state index contributed by atoms with van der Waals surface area (Å²) in [4.78, 5) is 28.5. The number of hydrogen-bond donors (Lipinski definition) is 1. The van der Waals surface area contributed by atoms with E-state index in [1.54, 1.807) is 0 Å². The van der Waals surface area contributed by atoms with Crippen LogP contribution in [0.25, 0.3) is 0 Å². The molecule has 1 saturated carbocycles. The van der Waals surface area contributed by atoms with Gasteiger partial charge in [0.1, 0.15) is 5.82 Å². The normalized spacial score (nSPS) is 22.1. The largest absolute Gasteiger partial charge is 0.352 e. The molecule has 7 heteroatoms. The Morgan fingerprint density at radius 2 is 2.00 bits per heavy atom. The number of carbonyl (C=O) groups excluding carboxylic acids is 2. The topological polar surface area (TPSA) is 52.7 Å². The van der Waals surface area contributed by atoms with Crippen molar-refractivity contribution in [3.63, 3.8) is 0 Å². The molecule has 1 aliphatic carbocycles. The van der Waals surface area contributed by atoms with E-state index in [1.807, 2.05) is 4.90 Å². The fraction of sp³-hybridized carbons (Fsp3) is 0.619. The van der Waals surface area contributed by atoms with Gasteiger partial charge in [0, 0.05) is 56.3 Å². The summed E-state index contributed by atoms with van der Waals surface area (Å²) in [7, 11) is 0. The van der Waals surface area contributed by atoms with E-state index in [1.165, 1.54) is 18.2 Å². The maximum absolute atomic E-state index is 13.4. The first kappa shape index (κ1) is 19.6. The van der Waals surface area contributed by atoms with E-state index in [-0.39, 0.29) is 16.5 Å². The van der Waals surface area contributed by atoms with E-state index in [0.29, 0.717) is 30.2 Å². The molecule has 4 rings (SSSR count). The number of benzene rings is 1. The molecule has 152 valence electrons. The SMILES string of the molecule is O=C(NCC1CC2(C1)CN(CCN1CCCCC1=O)C2)c1cc(F)cc(Cl)c1. The molecule has 0 aromatic heterocycles. The summed E-state index contributed by atoms with van der Waals surface area (Å²) in [5.74, 6) is 0.0177. The van der Waals surface area contributed by atoms with Gasteiger partial charge >= 0.3 is 0 Å². The van der Waals surface area contributed by atoms with Crippen LogP contribution in [0.15, 0.2) is 18.2 Å². The standard InChI is InChI=1S/C21H27ClFN3O2/c22-17-7-16(8-18(23)9-17)20(28)24-12-15-10-21(11-15)13-25(14-21)5-6-26-4-2-1-3-19(26)27/h7-9,15H,1-6,10-14H2,(H,24,28). The minimum atomic E-state index is -0.499. The Balaban J connectivity index is 1.14. The average Bonchev–Trinajstić information content (AvgIpc) is 2.58. The van der Waals surface area contributed by atoms with E-state index < -0.39 is 5.82 Å². The van der Waals surface area contributed by atoms with E-state index >= 15 is 0 Å². The molecule has 3 aliphatic rings. The van der Waals surface area contributed by atoms with Gasteiger partial charge in [0.25, 0.3) is 5.91 Å². The molecule has 0 unspecified atom stereocenters. The van der Waals surface area contributed by atoms with E-state index in [2.05, 4.69) is 10.2 Å². The lowest BCUT2D eigenvalue weighted by molar-refractivity contribution is -0.135. The summed E-state index contributed by atoms with van der Waals surface area (Å²) in [6.07, 6.45) is 5.11. The third-order valence-corrected chi connectivity index (χ3v) is 6.56. The number of likely N-dealkylation sites (tertiary alicyclic amines) is 2. The zero-order valence-corrected chi connectivity index (χ0v) is 16.8. The zero-order valence-electron chi connectivity index (χ0n) is 16.1. The Bertz CT molecular complexity index is 738. The van der Waals surface area contributed by atoms with Gasteiger partial charge in [-0.1, -0.05) is 11.6 Å². The van der Waals surface area contributed by atoms with Crippen molar-refractivity contribution in [2.24, 2.45) is 11.3 Å². The zero-order chi connectivity index (χ0) is 19.7. The molecular weight excluding hydrogens is 381 g/mol. The molecule has 2 aliphatic heterocycles. The third-order valence-electron chi connectivity index (χ3n) is 6.34. The van der Waals surface area contributed by atoms with Gasteiger partial charge in [-0.3, -0.25) is 9.59 Å². The summed E-state index contributed by atoms with van der Waals surface area (Å²) in [6, 6.07) is 3.89. The van der Waals surface area contributed by atoms with Gasteiger partial charge in [0.15, 0.2) is 0 Å². The lowest BCUT2D eigenvalue weighted by atomic mass is 9.57. The van der Waals surface area contributed by atoms with Crippen molar-refractivity contribution in [3.8, 4) is 0 Å². The van der Waals surface area contributed by atoms with Crippen LogP contribution in [0, 0.1) is 17.2 Å². The molecular formula is C21H27ClFN3O2. The van der Waals surface area contributed by atoms with Gasteiger partial charge in [0.05, 0.1) is 0 Å². The lowest BCUT2D eigenvalue weighted by Gasteiger charge is -2.59. The summed E-state index contributed by atoms with van der Waals surface area (Å²) < 4.78 is 13.4. The lowest BCUT2D eigenvalue weighted by Crippen LogP contribution is -2.64. The minimum absolute atomic E-state index is 0.230. The number of hydrogen-bond acceptors (Lipinski definition) is 3. The van der Waals surface area contributed by atoms with Crippen LogP contribution < -0.4 is 5.32 Å². The Hall–Kier alpha value is -1.66. The molecule has 0 bridgehead atoms. The Labute approximate surface area is 170 Å². The second-order valence-corrected chi connectivity index (χ2v) is 9.13. The smallest absolute Gasteiger partial charge is 0.251 e. The summed E-state index contributed by atoms with van der Waals surface area (Å²) >= 11 is 5.81. The Morgan fingerprint density at radius 1 is 1.21 bits per heavy atom. The quantitative estimate of drug-likeness (QED) is 0.788. The van der Waals surface area contributed by atoms with Crippen LogP contribution in [-0.4, -0.2) is 60.9 Å². The summed E-state index contributed by atoms with van der Waals surface area (Å²) in [6.45, 7) is 5.55. The number of nitrogens with zero attached hydrogens (tertiary/aromatic N) is 2. The molecule has 1 spiro atoms. The van der Waals surface area contributed by atoms with Crippen LogP contribution in [0.3, 0.4) is 0 Å². The second kappa shape index (κ2) is 7.99. The summed E-state index contributed by atoms with van der Waals surface area (Å²) in [5, 5.41) is 3.13. The van der Waals surface area contributed by atoms with Crippen molar-refractivity contribution in [2.45, 2.75) is 32.1 Å². The maximum Gasteiger partial charge on any atom is 0.251 e. The number of piperidine rings is 1. The predicted octanol–water partition coefficient (Wildman–Crippen LogP) is 2.93. The number of rotatable bonds is 6. The Kier molecular flexibility index (Phi) is 5.61. The van der Waals surface area contributed by atoms with E-state index in [4.69, 9.17) is 11.6 Å². The highest BCUT2D eigenvalue weighted by molar-refractivity contribution is 6.31. The summed E-state index contributed by atoms with van der Waals surface area (Å²) in [5.41, 5.74) is 0.671. The third kappa shape index (κ3) is 4.33. The molecule has 2 amide bonds. The van der Waals surface area contributed by atoms with Crippen LogP contribution >= 0.6 is 11.6 Å². The van der Waals surface area contributed by atoms with E-state index in [9.17, 15) is 14.0 Å². The van der Waals surface area contributed by atoms with Gasteiger partial charge in [-0.05, 0) is 55.2 Å². The van der Waals surface area contributed by atoms with Crippen molar-refractivity contribution in [3.05, 3.63) is 34.6 Å². The van der Waals surface area contributed by atoms with Crippen molar-refractivity contribution >= 4 is 23.4 Å². The molecule has 0 radical (unpaired) electrons. The first-order chi connectivity index (χ1) is 13.4. The molecule has 1 aromatic rings. The van der Waals surface area contributed by atoms with Gasteiger partial charge < -0.3 is 15.1 Å². The van der Waals surface area contributed by atoms with Crippen molar-refractivity contribution in [2.75, 3.05) is 39.3 Å². The molecule has 1 N–H and O–H groups in total. The number of nitrogens with one attached hydrogen (secondary N) is 1. The van der Waals surface area contributed by atoms with Crippen molar-refractivity contribution in [1.29, 1.82) is 0 Å². The highest BCUT2D eigenvalue weighted by Crippen LogP contribution is 2.51. The molecule has 28 heavy (non-hydrogen) atoms. The molecule has 3 fully saturated rings. The highest BCUT2D eigenvalue weighted by atomic mass is 35.5. The predicted molar refractivity (Wildman–Crippen MR) is 106 cm³/mol. The van der Waals surface area contributed by atoms with Crippen LogP contribution in [0.1, 0.15) is 42.5 Å². The fourth-order valence-corrected chi connectivity index (χ4v) is 5.23. The fourth-order valence-electron chi connectivity index (χ4n) is 5.01. The van der Waals surface area contributed by atoms with Crippen LogP contribution in [0.2, 0.25) is 5.02 Å². The first-order valence-corrected chi connectivity index (χ1v) is 10.5. The monoisotopic (exact) mass is 407 g/mol. The van der Waals surface area contributed by atoms with Crippen LogP contribution in [-0.2, 0) is 4.79 Å². The van der Waals surface area contributed by atoms with E-state index in [0.717, 1.165) is 58.4 Å². The van der Waals surface area contributed by atoms with Crippen molar-refractivity contribution < 1.29 is 14.0 Å².